The van der Waals surface area contributed by atoms with Crippen molar-refractivity contribution < 1.29 is 9.32 Å². The number of piperidine rings is 1. The molecule has 2 saturated heterocycles. The topological polar surface area (TPSA) is 65.7 Å². The molecule has 0 spiro atoms. The van der Waals surface area contributed by atoms with E-state index in [0.717, 1.165) is 57.3 Å². The average Bonchev–Trinajstić information content (AvgIpc) is 3.22. The van der Waals surface area contributed by atoms with Gasteiger partial charge in [0.25, 0.3) is 0 Å². The molecule has 3 aliphatic rings. The summed E-state index contributed by atoms with van der Waals surface area (Å²) in [6.07, 6.45) is 4.43. The van der Waals surface area contributed by atoms with Gasteiger partial charge < -0.3 is 14.3 Å². The van der Waals surface area contributed by atoms with Crippen molar-refractivity contribution in [1.29, 1.82) is 0 Å². The quantitative estimate of drug-likeness (QED) is 0.827. The zero-order chi connectivity index (χ0) is 16.7. The first-order chi connectivity index (χ1) is 11.7. The number of hydrogen-bond donors (Lipinski definition) is 0. The third-order valence-corrected chi connectivity index (χ3v) is 5.75. The summed E-state index contributed by atoms with van der Waals surface area (Å²) in [5, 5.41) is 4.13. The fourth-order valence-corrected chi connectivity index (χ4v) is 3.90. The molecular weight excluding hydrogens is 306 g/mol. The first kappa shape index (κ1) is 15.9. The van der Waals surface area contributed by atoms with Crippen molar-refractivity contribution in [1.82, 2.24) is 24.8 Å². The van der Waals surface area contributed by atoms with Crippen molar-refractivity contribution in [3.8, 4) is 0 Å². The molecular formula is C17H27N5O2. The minimum Gasteiger partial charge on any atom is -0.338 e. The van der Waals surface area contributed by atoms with E-state index in [9.17, 15) is 4.79 Å². The van der Waals surface area contributed by atoms with Gasteiger partial charge in [-0.15, -0.1) is 0 Å². The van der Waals surface area contributed by atoms with Crippen molar-refractivity contribution >= 4 is 6.03 Å². The molecule has 0 radical (unpaired) electrons. The number of urea groups is 1. The highest BCUT2D eigenvalue weighted by molar-refractivity contribution is 5.76. The molecule has 0 N–H and O–H groups in total. The highest BCUT2D eigenvalue weighted by Gasteiger charge is 2.36. The number of likely N-dealkylation sites (N-methyl/N-ethyl adjacent to an activating group) is 1. The second kappa shape index (κ2) is 6.35. The Morgan fingerprint density at radius 1 is 1.17 bits per heavy atom. The summed E-state index contributed by atoms with van der Waals surface area (Å²) in [5.41, 5.74) is 0. The maximum Gasteiger partial charge on any atom is 0.320 e. The molecule has 2 amide bonds. The van der Waals surface area contributed by atoms with Gasteiger partial charge in [-0.2, -0.15) is 4.98 Å². The number of carbonyl (C=O) groups excluding carboxylic acids is 1. The second-order valence-electron chi connectivity index (χ2n) is 7.26. The minimum absolute atomic E-state index is 0.160. The standard InChI is InChI=1S/C17H27N5O2/c1-3-20-10-11-22(17(20)23)14-6-8-21(9-7-14)12(2)16-18-15(19-24-16)13-4-5-13/h12-14H,3-11H2,1-2H3. The van der Waals surface area contributed by atoms with Crippen molar-refractivity contribution in [2.45, 2.75) is 57.5 Å². The predicted octanol–water partition coefficient (Wildman–Crippen LogP) is 2.23. The molecule has 1 aromatic heterocycles. The average molecular weight is 333 g/mol. The maximum absolute atomic E-state index is 12.4. The maximum atomic E-state index is 12.4. The van der Waals surface area contributed by atoms with E-state index in [2.05, 4.69) is 26.9 Å². The molecule has 1 saturated carbocycles. The Morgan fingerprint density at radius 2 is 1.92 bits per heavy atom. The molecule has 3 fully saturated rings. The number of nitrogens with zero attached hydrogens (tertiary/aromatic N) is 5. The molecule has 2 aliphatic heterocycles. The van der Waals surface area contributed by atoms with E-state index in [1.165, 1.54) is 12.8 Å². The van der Waals surface area contributed by atoms with Gasteiger partial charge in [-0.1, -0.05) is 5.16 Å². The number of carbonyl (C=O) groups is 1. The van der Waals surface area contributed by atoms with Crippen LogP contribution in [0.1, 0.15) is 63.2 Å². The van der Waals surface area contributed by atoms with Gasteiger partial charge >= 0.3 is 6.03 Å². The summed E-state index contributed by atoms with van der Waals surface area (Å²) in [5.74, 6) is 2.15. The summed E-state index contributed by atoms with van der Waals surface area (Å²) in [7, 11) is 0. The number of amides is 2. The summed E-state index contributed by atoms with van der Waals surface area (Å²) in [6, 6.07) is 0.754. The van der Waals surface area contributed by atoms with E-state index in [1.807, 2.05) is 11.8 Å². The van der Waals surface area contributed by atoms with Crippen LogP contribution in [-0.4, -0.2) is 69.6 Å². The van der Waals surface area contributed by atoms with Crippen LogP contribution in [-0.2, 0) is 0 Å². The van der Waals surface area contributed by atoms with Gasteiger partial charge in [0.05, 0.1) is 6.04 Å². The molecule has 24 heavy (non-hydrogen) atoms. The zero-order valence-corrected chi connectivity index (χ0v) is 14.6. The lowest BCUT2D eigenvalue weighted by molar-refractivity contribution is 0.0959. The monoisotopic (exact) mass is 333 g/mol. The van der Waals surface area contributed by atoms with Crippen molar-refractivity contribution in [2.75, 3.05) is 32.7 Å². The van der Waals surface area contributed by atoms with Crippen LogP contribution in [0.4, 0.5) is 4.79 Å². The first-order valence-corrected chi connectivity index (χ1v) is 9.30. The van der Waals surface area contributed by atoms with Gasteiger partial charge in [-0.3, -0.25) is 4.90 Å². The van der Waals surface area contributed by atoms with Gasteiger partial charge in [-0.05, 0) is 39.5 Å². The fraction of sp³-hybridized carbons (Fsp3) is 0.824. The molecule has 0 bridgehead atoms. The normalized spacial score (nSPS) is 24.8. The van der Waals surface area contributed by atoms with Crippen LogP contribution < -0.4 is 0 Å². The SMILES string of the molecule is CCN1CCN(C2CCN(C(C)c3nc(C4CC4)no3)CC2)C1=O. The van der Waals surface area contributed by atoms with Gasteiger partial charge in [-0.25, -0.2) is 4.79 Å². The highest BCUT2D eigenvalue weighted by Crippen LogP contribution is 2.38. The molecule has 3 heterocycles. The molecule has 1 atom stereocenters. The van der Waals surface area contributed by atoms with E-state index in [0.29, 0.717) is 12.0 Å². The largest absolute Gasteiger partial charge is 0.338 e. The Labute approximate surface area is 143 Å². The summed E-state index contributed by atoms with van der Waals surface area (Å²) < 4.78 is 5.48. The molecule has 1 aromatic rings. The van der Waals surface area contributed by atoms with Crippen molar-refractivity contribution in [2.24, 2.45) is 0 Å². The third-order valence-electron chi connectivity index (χ3n) is 5.75. The summed E-state index contributed by atoms with van der Waals surface area (Å²) >= 11 is 0. The Morgan fingerprint density at radius 3 is 2.54 bits per heavy atom. The van der Waals surface area contributed by atoms with E-state index in [-0.39, 0.29) is 12.1 Å². The van der Waals surface area contributed by atoms with E-state index < -0.39 is 0 Å². The minimum atomic E-state index is 0.160. The van der Waals surface area contributed by atoms with Crippen LogP contribution >= 0.6 is 0 Å². The van der Waals surface area contributed by atoms with E-state index in [1.54, 1.807) is 0 Å². The lowest BCUT2D eigenvalue weighted by atomic mass is 10.0. The van der Waals surface area contributed by atoms with Gasteiger partial charge in [0.2, 0.25) is 5.89 Å². The van der Waals surface area contributed by atoms with Gasteiger partial charge in [0, 0.05) is 44.7 Å². The molecule has 4 rings (SSSR count). The fourth-order valence-electron chi connectivity index (χ4n) is 3.90. The lowest BCUT2D eigenvalue weighted by Crippen LogP contribution is -2.47. The summed E-state index contributed by atoms with van der Waals surface area (Å²) in [4.78, 5) is 23.3. The Bertz CT molecular complexity index is 592. The second-order valence-corrected chi connectivity index (χ2v) is 7.26. The van der Waals surface area contributed by atoms with Crippen LogP contribution in [0.5, 0.6) is 0 Å². The number of aromatic nitrogens is 2. The molecule has 7 heteroatoms. The van der Waals surface area contributed by atoms with Crippen LogP contribution in [0.25, 0.3) is 0 Å². The van der Waals surface area contributed by atoms with Crippen LogP contribution in [0.3, 0.4) is 0 Å². The Hall–Kier alpha value is -1.63. The van der Waals surface area contributed by atoms with Gasteiger partial charge in [0.1, 0.15) is 0 Å². The molecule has 1 aliphatic carbocycles. The zero-order valence-electron chi connectivity index (χ0n) is 14.6. The first-order valence-electron chi connectivity index (χ1n) is 9.30. The number of rotatable bonds is 5. The number of hydrogen-bond acceptors (Lipinski definition) is 5. The van der Waals surface area contributed by atoms with E-state index >= 15 is 0 Å². The third kappa shape index (κ3) is 2.90. The summed E-state index contributed by atoms with van der Waals surface area (Å²) in [6.45, 7) is 8.70. The van der Waals surface area contributed by atoms with Gasteiger partial charge in [0.15, 0.2) is 5.82 Å². The molecule has 0 aromatic carbocycles. The highest BCUT2D eigenvalue weighted by atomic mass is 16.5. The van der Waals surface area contributed by atoms with Crippen molar-refractivity contribution in [3.05, 3.63) is 11.7 Å². The van der Waals surface area contributed by atoms with E-state index in [4.69, 9.17) is 4.52 Å². The smallest absolute Gasteiger partial charge is 0.320 e. The van der Waals surface area contributed by atoms with Crippen molar-refractivity contribution in [3.63, 3.8) is 0 Å². The van der Waals surface area contributed by atoms with Crippen LogP contribution in [0, 0.1) is 0 Å². The molecule has 7 nitrogen and oxygen atoms in total. The lowest BCUT2D eigenvalue weighted by Gasteiger charge is -2.38. The number of likely N-dealkylation sites (tertiary alicyclic amines) is 1. The molecule has 1 unspecified atom stereocenters. The Balaban J connectivity index is 1.33. The van der Waals surface area contributed by atoms with Crippen LogP contribution in [0.15, 0.2) is 4.52 Å². The predicted molar refractivity (Wildman–Crippen MR) is 88.6 cm³/mol. The van der Waals surface area contributed by atoms with Crippen LogP contribution in [0.2, 0.25) is 0 Å². The molecule has 132 valence electrons. The Kier molecular flexibility index (Phi) is 4.20.